The number of carbonyl (C=O) groups is 1. The van der Waals surface area contributed by atoms with Gasteiger partial charge in [0.15, 0.2) is 0 Å². The molecule has 108 valence electrons. The maximum atomic E-state index is 12.1. The fraction of sp³-hybridized carbons (Fsp3) is 0.900. The molecule has 0 saturated carbocycles. The second kappa shape index (κ2) is 9.81. The predicted octanol–water partition coefficient (Wildman–Crippen LogP) is 1.87. The van der Waals surface area contributed by atoms with Crippen molar-refractivity contribution in [2.45, 2.75) is 26.0 Å². The number of aliphatic hydroxyl groups excluding tert-OH is 1. The molecule has 1 atom stereocenters. The van der Waals surface area contributed by atoms with Crippen LogP contribution in [0.1, 0.15) is 20.8 Å². The number of carbonyl (C=O) groups excluding carboxylic acids is 1. The van der Waals surface area contributed by atoms with E-state index >= 15 is 0 Å². The van der Waals surface area contributed by atoms with Gasteiger partial charge in [-0.1, -0.05) is 0 Å². The van der Waals surface area contributed by atoms with Gasteiger partial charge in [0, 0.05) is 6.92 Å². The molecule has 0 rings (SSSR count). The smallest absolute Gasteiger partial charge is 0.340 e. The third-order valence-electron chi connectivity index (χ3n) is 1.80. The van der Waals surface area contributed by atoms with Crippen molar-refractivity contribution in [3.8, 4) is 0 Å². The number of ether oxygens (including phenoxy) is 1. The van der Waals surface area contributed by atoms with Gasteiger partial charge >= 0.3 is 13.6 Å². The van der Waals surface area contributed by atoms with Crippen molar-refractivity contribution in [1.29, 1.82) is 0 Å². The van der Waals surface area contributed by atoms with E-state index in [4.69, 9.17) is 18.9 Å². The first-order valence-corrected chi connectivity index (χ1v) is 8.49. The van der Waals surface area contributed by atoms with E-state index in [2.05, 4.69) is 0 Å². The molecule has 0 spiro atoms. The molecule has 0 heterocycles. The van der Waals surface area contributed by atoms with Crippen LogP contribution in [0.4, 0.5) is 0 Å². The lowest BCUT2D eigenvalue weighted by molar-refractivity contribution is -0.141. The fourth-order valence-electron chi connectivity index (χ4n) is 1.07. The number of esters is 1. The highest BCUT2D eigenvalue weighted by atomic mass is 32.2. The highest BCUT2D eigenvalue weighted by Crippen LogP contribution is 2.51. The van der Waals surface area contributed by atoms with Crippen LogP contribution in [0.5, 0.6) is 0 Å². The summed E-state index contributed by atoms with van der Waals surface area (Å²) >= 11 is 1.21. The molecule has 0 amide bonds. The van der Waals surface area contributed by atoms with Crippen molar-refractivity contribution in [3.63, 3.8) is 0 Å². The molecule has 0 aliphatic carbocycles. The Hall–Kier alpha value is -0.0700. The quantitative estimate of drug-likeness (QED) is 0.487. The third kappa shape index (κ3) is 8.11. The van der Waals surface area contributed by atoms with Crippen LogP contribution in [0.25, 0.3) is 0 Å². The molecule has 0 aromatic heterocycles. The maximum Gasteiger partial charge on any atom is 0.340 e. The van der Waals surface area contributed by atoms with E-state index < -0.39 is 13.6 Å². The van der Waals surface area contributed by atoms with E-state index in [9.17, 15) is 9.36 Å². The molecule has 18 heavy (non-hydrogen) atoms. The largest absolute Gasteiger partial charge is 0.465 e. The SMILES string of the molecule is CCOP(=O)(CSC(CO)COC(C)=O)OCC. The molecule has 0 aliphatic heterocycles. The van der Waals surface area contributed by atoms with Crippen LogP contribution in [-0.4, -0.2) is 48.2 Å². The van der Waals surface area contributed by atoms with E-state index in [0.717, 1.165) is 0 Å². The zero-order valence-corrected chi connectivity index (χ0v) is 12.7. The van der Waals surface area contributed by atoms with Gasteiger partial charge in [-0.15, -0.1) is 11.8 Å². The average molecular weight is 300 g/mol. The molecule has 1 unspecified atom stereocenters. The summed E-state index contributed by atoms with van der Waals surface area (Å²) in [6, 6.07) is 0. The molecule has 8 heteroatoms. The Balaban J connectivity index is 4.21. The van der Waals surface area contributed by atoms with Gasteiger partial charge in [0.05, 0.1) is 30.6 Å². The monoisotopic (exact) mass is 300 g/mol. The van der Waals surface area contributed by atoms with Gasteiger partial charge < -0.3 is 18.9 Å². The summed E-state index contributed by atoms with van der Waals surface area (Å²) < 4.78 is 27.1. The first kappa shape index (κ1) is 17.9. The Morgan fingerprint density at radius 3 is 2.28 bits per heavy atom. The Bertz CT molecular complexity index is 276. The average Bonchev–Trinajstić information content (AvgIpc) is 2.29. The van der Waals surface area contributed by atoms with E-state index in [1.54, 1.807) is 13.8 Å². The van der Waals surface area contributed by atoms with Crippen molar-refractivity contribution in [2.24, 2.45) is 0 Å². The van der Waals surface area contributed by atoms with Crippen LogP contribution in [0.3, 0.4) is 0 Å². The molecule has 1 N–H and O–H groups in total. The summed E-state index contributed by atoms with van der Waals surface area (Å²) in [7, 11) is -3.12. The maximum absolute atomic E-state index is 12.1. The number of hydrogen-bond acceptors (Lipinski definition) is 7. The van der Waals surface area contributed by atoms with Gasteiger partial charge in [-0.3, -0.25) is 9.36 Å². The molecule has 6 nitrogen and oxygen atoms in total. The Morgan fingerprint density at radius 1 is 1.33 bits per heavy atom. The molecular weight excluding hydrogens is 279 g/mol. The lowest BCUT2D eigenvalue weighted by atomic mass is 10.5. The molecule has 0 fully saturated rings. The van der Waals surface area contributed by atoms with Crippen LogP contribution in [0, 0.1) is 0 Å². The summed E-state index contributed by atoms with van der Waals surface area (Å²) in [5.74, 6) is -0.410. The van der Waals surface area contributed by atoms with Crippen LogP contribution in [0.2, 0.25) is 0 Å². The zero-order valence-electron chi connectivity index (χ0n) is 11.0. The number of rotatable bonds is 10. The van der Waals surface area contributed by atoms with E-state index in [-0.39, 0.29) is 24.0 Å². The molecule has 0 aliphatic rings. The van der Waals surface area contributed by atoms with Gasteiger partial charge in [-0.2, -0.15) is 0 Å². The third-order valence-corrected chi connectivity index (χ3v) is 5.72. The fourth-order valence-corrected chi connectivity index (χ4v) is 4.37. The van der Waals surface area contributed by atoms with Gasteiger partial charge in [0.25, 0.3) is 0 Å². The highest BCUT2D eigenvalue weighted by Gasteiger charge is 2.25. The number of thioether (sulfide) groups is 1. The van der Waals surface area contributed by atoms with Gasteiger partial charge in [0.1, 0.15) is 6.61 Å². The Kier molecular flexibility index (Phi) is 9.77. The molecule has 0 radical (unpaired) electrons. The summed E-state index contributed by atoms with van der Waals surface area (Å²) in [5.41, 5.74) is 0.126. The number of aliphatic hydroxyl groups is 1. The summed E-state index contributed by atoms with van der Waals surface area (Å²) in [6.45, 7) is 5.27. The van der Waals surface area contributed by atoms with Gasteiger partial charge in [-0.25, -0.2) is 0 Å². The molecular formula is C10H21O6PS. The van der Waals surface area contributed by atoms with Crippen molar-refractivity contribution in [1.82, 2.24) is 0 Å². The van der Waals surface area contributed by atoms with Crippen molar-refractivity contribution < 1.29 is 28.3 Å². The number of hydrogen-bond donors (Lipinski definition) is 1. The summed E-state index contributed by atoms with van der Waals surface area (Å²) in [6.07, 6.45) is 0. The van der Waals surface area contributed by atoms with E-state index in [1.807, 2.05) is 0 Å². The lowest BCUT2D eigenvalue weighted by Crippen LogP contribution is -2.19. The second-order valence-electron chi connectivity index (χ2n) is 3.35. The molecule has 0 saturated heterocycles. The second-order valence-corrected chi connectivity index (χ2v) is 7.12. The molecule has 0 aromatic carbocycles. The predicted molar refractivity (Wildman–Crippen MR) is 70.8 cm³/mol. The van der Waals surface area contributed by atoms with E-state index in [1.165, 1.54) is 18.7 Å². The normalized spacial score (nSPS) is 13.3. The molecule has 0 aromatic rings. The minimum atomic E-state index is -3.12. The van der Waals surface area contributed by atoms with Crippen LogP contribution < -0.4 is 0 Å². The minimum absolute atomic E-state index is 0.0781. The summed E-state index contributed by atoms with van der Waals surface area (Å²) in [4.78, 5) is 10.7. The minimum Gasteiger partial charge on any atom is -0.465 e. The van der Waals surface area contributed by atoms with Gasteiger partial charge in [-0.05, 0) is 13.8 Å². The first-order valence-electron chi connectivity index (χ1n) is 5.71. The van der Waals surface area contributed by atoms with Crippen LogP contribution >= 0.6 is 19.4 Å². The van der Waals surface area contributed by atoms with E-state index in [0.29, 0.717) is 13.2 Å². The van der Waals surface area contributed by atoms with Crippen molar-refractivity contribution >= 4 is 25.3 Å². The van der Waals surface area contributed by atoms with Crippen molar-refractivity contribution in [3.05, 3.63) is 0 Å². The highest BCUT2D eigenvalue weighted by molar-refractivity contribution is 8.05. The topological polar surface area (TPSA) is 82.1 Å². The van der Waals surface area contributed by atoms with Crippen LogP contribution in [-0.2, 0) is 23.1 Å². The standard InChI is InChI=1S/C10H21O6PS/c1-4-15-17(13,16-5-2)8-18-10(6-11)7-14-9(3)12/h10-11H,4-8H2,1-3H3. The van der Waals surface area contributed by atoms with Crippen molar-refractivity contribution in [2.75, 3.05) is 31.9 Å². The first-order chi connectivity index (χ1) is 8.47. The summed E-state index contributed by atoms with van der Waals surface area (Å²) in [5, 5.41) is 8.78. The zero-order chi connectivity index (χ0) is 14.0. The molecule has 0 bridgehead atoms. The van der Waals surface area contributed by atoms with Gasteiger partial charge in [0.2, 0.25) is 0 Å². The Morgan fingerprint density at radius 2 is 1.89 bits per heavy atom. The Labute approximate surface area is 112 Å². The lowest BCUT2D eigenvalue weighted by Gasteiger charge is -2.19. The van der Waals surface area contributed by atoms with Crippen LogP contribution in [0.15, 0.2) is 0 Å².